The number of thiol groups is 1. The fourth-order valence-electron chi connectivity index (χ4n) is 2.31. The molecular weight excluding hydrogens is 324 g/mol. The van der Waals surface area contributed by atoms with Crippen LogP contribution in [0.2, 0.25) is 0 Å². The van der Waals surface area contributed by atoms with E-state index < -0.39 is 35.9 Å². The summed E-state index contributed by atoms with van der Waals surface area (Å²) in [5.74, 6) is -2.68. The van der Waals surface area contributed by atoms with E-state index in [1.165, 1.54) is 11.8 Å². The molecule has 0 saturated carbocycles. The van der Waals surface area contributed by atoms with Crippen molar-refractivity contribution in [2.24, 2.45) is 5.73 Å². The molecule has 3 amide bonds. The van der Waals surface area contributed by atoms with Gasteiger partial charge >= 0.3 is 5.97 Å². The van der Waals surface area contributed by atoms with E-state index in [1.807, 2.05) is 0 Å². The lowest BCUT2D eigenvalue weighted by molar-refractivity contribution is -0.142. The van der Waals surface area contributed by atoms with Crippen molar-refractivity contribution >= 4 is 36.3 Å². The molecule has 1 aliphatic rings. The first-order valence-corrected chi connectivity index (χ1v) is 7.89. The molecule has 0 aromatic heterocycles. The number of aliphatic carboxylic acids is 1. The van der Waals surface area contributed by atoms with Gasteiger partial charge in [0.15, 0.2) is 0 Å². The van der Waals surface area contributed by atoms with Gasteiger partial charge in [0.05, 0.1) is 6.54 Å². The number of rotatable bonds is 7. The number of nitrogens with zero attached hydrogens (tertiary/aromatic N) is 1. The number of hydrogen-bond acceptors (Lipinski definition) is 6. The second-order valence-electron chi connectivity index (χ2n) is 5.26. The molecule has 0 aromatic carbocycles. The summed E-state index contributed by atoms with van der Waals surface area (Å²) < 4.78 is 0. The number of carboxylic acids is 1. The first kappa shape index (κ1) is 19.2. The summed E-state index contributed by atoms with van der Waals surface area (Å²) >= 11 is 3.85. The minimum Gasteiger partial charge on any atom is -0.480 e. The molecule has 9 nitrogen and oxygen atoms in total. The summed E-state index contributed by atoms with van der Waals surface area (Å²) in [5.41, 5.74) is 5.31. The Balaban J connectivity index is 2.60. The topological polar surface area (TPSA) is 142 Å². The Morgan fingerprint density at radius 1 is 1.35 bits per heavy atom. The first-order chi connectivity index (χ1) is 10.8. The van der Waals surface area contributed by atoms with Gasteiger partial charge < -0.3 is 26.4 Å². The highest BCUT2D eigenvalue weighted by molar-refractivity contribution is 7.80. The Kier molecular flexibility index (Phi) is 7.30. The zero-order chi connectivity index (χ0) is 17.6. The highest BCUT2D eigenvalue weighted by Gasteiger charge is 2.34. The van der Waals surface area contributed by atoms with Gasteiger partial charge in [-0.25, -0.2) is 4.79 Å². The van der Waals surface area contributed by atoms with Crippen molar-refractivity contribution in [2.75, 3.05) is 18.8 Å². The molecular formula is C13H22N4O5S. The van der Waals surface area contributed by atoms with Crippen molar-refractivity contribution in [1.82, 2.24) is 15.5 Å². The smallest absolute Gasteiger partial charge is 0.327 e. The van der Waals surface area contributed by atoms with Crippen LogP contribution in [0.5, 0.6) is 0 Å². The molecule has 1 rings (SSSR count). The fourth-order valence-corrected chi connectivity index (χ4v) is 2.56. The second-order valence-corrected chi connectivity index (χ2v) is 5.63. The standard InChI is InChI=1S/C13H22N4O5S/c1-7(11(19)16-8(6-23)13(21)22)15-12(20)9-3-2-4-17(9)10(18)5-14/h7-9,23H,2-6,14H2,1H3,(H,15,20)(H,16,19)(H,21,22). The number of amides is 3. The van der Waals surface area contributed by atoms with Crippen LogP contribution in [0.4, 0.5) is 0 Å². The molecule has 1 aliphatic heterocycles. The van der Waals surface area contributed by atoms with Gasteiger partial charge in [0.25, 0.3) is 0 Å². The zero-order valence-corrected chi connectivity index (χ0v) is 13.7. The van der Waals surface area contributed by atoms with Crippen molar-refractivity contribution in [3.05, 3.63) is 0 Å². The SMILES string of the molecule is CC(NC(=O)C1CCCN1C(=O)CN)C(=O)NC(CS)C(=O)O. The van der Waals surface area contributed by atoms with E-state index in [1.54, 1.807) is 0 Å². The largest absolute Gasteiger partial charge is 0.480 e. The summed E-state index contributed by atoms with van der Waals surface area (Å²) in [5, 5.41) is 13.6. The van der Waals surface area contributed by atoms with Crippen molar-refractivity contribution in [2.45, 2.75) is 37.9 Å². The number of nitrogens with one attached hydrogen (secondary N) is 2. The number of carbonyl (C=O) groups is 4. The normalized spacial score (nSPS) is 19.8. The number of likely N-dealkylation sites (tertiary alicyclic amines) is 1. The molecule has 3 unspecified atom stereocenters. The molecule has 3 atom stereocenters. The minimum absolute atomic E-state index is 0.0663. The van der Waals surface area contributed by atoms with Gasteiger partial charge in [-0.1, -0.05) is 0 Å². The van der Waals surface area contributed by atoms with Crippen LogP contribution in [0, 0.1) is 0 Å². The Bertz CT molecular complexity index is 487. The Hall–Kier alpha value is -1.81. The Labute approximate surface area is 139 Å². The molecule has 0 aromatic rings. The van der Waals surface area contributed by atoms with E-state index >= 15 is 0 Å². The lowest BCUT2D eigenvalue weighted by Gasteiger charge is -2.25. The summed E-state index contributed by atoms with van der Waals surface area (Å²) in [4.78, 5) is 48.1. The second kappa shape index (κ2) is 8.73. The molecule has 1 saturated heterocycles. The van der Waals surface area contributed by atoms with Gasteiger partial charge in [0.1, 0.15) is 18.1 Å². The molecule has 10 heteroatoms. The van der Waals surface area contributed by atoms with Gasteiger partial charge in [-0.2, -0.15) is 12.6 Å². The number of nitrogens with two attached hydrogens (primary N) is 1. The third-order valence-corrected chi connectivity index (χ3v) is 3.96. The maximum Gasteiger partial charge on any atom is 0.327 e. The minimum atomic E-state index is -1.21. The van der Waals surface area contributed by atoms with E-state index in [2.05, 4.69) is 23.3 Å². The van der Waals surface area contributed by atoms with Crippen LogP contribution in [0.1, 0.15) is 19.8 Å². The van der Waals surface area contributed by atoms with Crippen molar-refractivity contribution in [1.29, 1.82) is 0 Å². The highest BCUT2D eigenvalue weighted by Crippen LogP contribution is 2.17. The molecule has 0 spiro atoms. The monoisotopic (exact) mass is 346 g/mol. The summed E-state index contributed by atoms with van der Waals surface area (Å²) in [7, 11) is 0. The average Bonchev–Trinajstić information content (AvgIpc) is 3.00. The Morgan fingerprint density at radius 2 is 2.00 bits per heavy atom. The first-order valence-electron chi connectivity index (χ1n) is 7.25. The molecule has 130 valence electrons. The van der Waals surface area contributed by atoms with Crippen LogP contribution in [0.15, 0.2) is 0 Å². The third kappa shape index (κ3) is 5.10. The molecule has 1 fully saturated rings. The molecule has 0 radical (unpaired) electrons. The maximum atomic E-state index is 12.2. The van der Waals surface area contributed by atoms with E-state index in [-0.39, 0.29) is 18.2 Å². The molecule has 23 heavy (non-hydrogen) atoms. The number of carboxylic acid groups (broad SMARTS) is 1. The van der Waals surface area contributed by atoms with E-state index in [0.717, 1.165) is 0 Å². The van der Waals surface area contributed by atoms with Crippen molar-refractivity contribution in [3.8, 4) is 0 Å². The predicted octanol–water partition coefficient (Wildman–Crippen LogP) is -2.06. The van der Waals surface area contributed by atoms with Crippen LogP contribution in [0.25, 0.3) is 0 Å². The summed E-state index contributed by atoms with van der Waals surface area (Å²) in [6.07, 6.45) is 1.19. The van der Waals surface area contributed by atoms with Crippen LogP contribution < -0.4 is 16.4 Å². The highest BCUT2D eigenvalue weighted by atomic mass is 32.1. The van der Waals surface area contributed by atoms with Crippen LogP contribution in [-0.2, 0) is 19.2 Å². The van der Waals surface area contributed by atoms with Gasteiger partial charge in [-0.05, 0) is 19.8 Å². The van der Waals surface area contributed by atoms with Gasteiger partial charge in [-0.3, -0.25) is 14.4 Å². The average molecular weight is 346 g/mol. The van der Waals surface area contributed by atoms with E-state index in [0.29, 0.717) is 19.4 Å². The van der Waals surface area contributed by atoms with E-state index in [4.69, 9.17) is 10.8 Å². The summed E-state index contributed by atoms with van der Waals surface area (Å²) in [6.45, 7) is 1.71. The molecule has 5 N–H and O–H groups in total. The lowest BCUT2D eigenvalue weighted by Crippen LogP contribution is -2.55. The molecule has 0 aliphatic carbocycles. The van der Waals surface area contributed by atoms with Crippen LogP contribution in [-0.4, -0.2) is 70.7 Å². The van der Waals surface area contributed by atoms with Gasteiger partial charge in [0.2, 0.25) is 17.7 Å². The van der Waals surface area contributed by atoms with E-state index in [9.17, 15) is 19.2 Å². The predicted molar refractivity (Wildman–Crippen MR) is 84.8 cm³/mol. The lowest BCUT2D eigenvalue weighted by atomic mass is 10.2. The van der Waals surface area contributed by atoms with Crippen molar-refractivity contribution in [3.63, 3.8) is 0 Å². The van der Waals surface area contributed by atoms with Crippen molar-refractivity contribution < 1.29 is 24.3 Å². The number of carbonyl (C=O) groups excluding carboxylic acids is 3. The summed E-state index contributed by atoms with van der Waals surface area (Å²) in [6, 6.07) is -2.71. The molecule has 1 heterocycles. The maximum absolute atomic E-state index is 12.2. The molecule has 0 bridgehead atoms. The van der Waals surface area contributed by atoms with Crippen LogP contribution in [0.3, 0.4) is 0 Å². The van der Waals surface area contributed by atoms with Gasteiger partial charge in [-0.15, -0.1) is 0 Å². The quantitative estimate of drug-likeness (QED) is 0.336. The number of hydrogen-bond donors (Lipinski definition) is 5. The fraction of sp³-hybridized carbons (Fsp3) is 0.692. The van der Waals surface area contributed by atoms with Gasteiger partial charge in [0, 0.05) is 12.3 Å². The zero-order valence-electron chi connectivity index (χ0n) is 12.8. The third-order valence-electron chi connectivity index (χ3n) is 3.60. The van der Waals surface area contributed by atoms with Crippen LogP contribution >= 0.6 is 12.6 Å². The Morgan fingerprint density at radius 3 is 2.52 bits per heavy atom.